The number of nitrogens with one attached hydrogen (secondary N) is 3. The van der Waals surface area contributed by atoms with Gasteiger partial charge in [0.05, 0.1) is 27.1 Å². The van der Waals surface area contributed by atoms with Gasteiger partial charge in [-0.1, -0.05) is 23.2 Å². The van der Waals surface area contributed by atoms with Crippen LogP contribution in [0.2, 0.25) is 10.0 Å². The summed E-state index contributed by atoms with van der Waals surface area (Å²) < 4.78 is 30.3. The summed E-state index contributed by atoms with van der Waals surface area (Å²) in [6, 6.07) is 6.82. The van der Waals surface area contributed by atoms with Gasteiger partial charge in [-0.2, -0.15) is 5.10 Å². The highest BCUT2D eigenvalue weighted by Gasteiger charge is 2.25. The molecule has 0 unspecified atom stereocenters. The highest BCUT2D eigenvalue weighted by Crippen LogP contribution is 2.36. The van der Waals surface area contributed by atoms with Crippen molar-refractivity contribution in [3.63, 3.8) is 0 Å². The number of halogens is 2. The SMILES string of the molecule is CNCCNc1cc(-c2cc(Cl)c(S(=O)(=O)Nc3c(C)nn(C)c3C)c(Cl)c2)ccn1. The highest BCUT2D eigenvalue weighted by atomic mass is 35.5. The summed E-state index contributed by atoms with van der Waals surface area (Å²) in [4.78, 5) is 4.11. The molecule has 0 saturated carbocycles. The van der Waals surface area contributed by atoms with E-state index >= 15 is 0 Å². The van der Waals surface area contributed by atoms with E-state index in [2.05, 4.69) is 25.4 Å². The van der Waals surface area contributed by atoms with Crippen LogP contribution in [0.1, 0.15) is 11.4 Å². The molecule has 0 spiro atoms. The van der Waals surface area contributed by atoms with Crippen LogP contribution in [0, 0.1) is 13.8 Å². The molecule has 166 valence electrons. The first kappa shape index (κ1) is 23.3. The van der Waals surface area contributed by atoms with Gasteiger partial charge in [-0.3, -0.25) is 9.40 Å². The number of hydrogen-bond donors (Lipinski definition) is 3. The quantitative estimate of drug-likeness (QED) is 0.421. The molecule has 0 saturated heterocycles. The van der Waals surface area contributed by atoms with Crippen LogP contribution in [0.3, 0.4) is 0 Å². The van der Waals surface area contributed by atoms with E-state index in [1.165, 1.54) is 0 Å². The lowest BCUT2D eigenvalue weighted by Gasteiger charge is -2.14. The zero-order valence-corrected chi connectivity index (χ0v) is 20.0. The Morgan fingerprint density at radius 2 is 1.74 bits per heavy atom. The number of hydrogen-bond acceptors (Lipinski definition) is 6. The molecule has 0 amide bonds. The van der Waals surface area contributed by atoms with Crippen LogP contribution >= 0.6 is 23.2 Å². The Morgan fingerprint density at radius 1 is 1.06 bits per heavy atom. The minimum atomic E-state index is -4.03. The number of pyridine rings is 1. The van der Waals surface area contributed by atoms with Crippen molar-refractivity contribution in [2.24, 2.45) is 7.05 Å². The van der Waals surface area contributed by atoms with Crippen molar-refractivity contribution in [1.29, 1.82) is 0 Å². The van der Waals surface area contributed by atoms with E-state index in [-0.39, 0.29) is 14.9 Å². The average molecular weight is 483 g/mol. The van der Waals surface area contributed by atoms with Crippen LogP contribution < -0.4 is 15.4 Å². The summed E-state index contributed by atoms with van der Waals surface area (Å²) >= 11 is 12.8. The molecule has 0 fully saturated rings. The van der Waals surface area contributed by atoms with Crippen LogP contribution in [-0.4, -0.2) is 43.3 Å². The standard InChI is InChI=1S/C20H24Cl2N6O2S/c1-12-19(13(2)28(4)26-12)27-31(29,30)20-16(21)9-15(10-17(20)22)14-5-6-24-18(11-14)25-8-7-23-3/h5-6,9-11,23,27H,7-8H2,1-4H3,(H,24,25). The molecule has 3 aromatic rings. The Kier molecular flexibility index (Phi) is 7.10. The fourth-order valence-electron chi connectivity index (χ4n) is 3.11. The molecule has 2 heterocycles. The van der Waals surface area contributed by atoms with Gasteiger partial charge in [-0.25, -0.2) is 13.4 Å². The van der Waals surface area contributed by atoms with Gasteiger partial charge in [0.15, 0.2) is 0 Å². The summed E-state index contributed by atoms with van der Waals surface area (Å²) in [6.07, 6.45) is 1.67. The lowest BCUT2D eigenvalue weighted by atomic mass is 10.1. The van der Waals surface area contributed by atoms with Crippen molar-refractivity contribution < 1.29 is 8.42 Å². The largest absolute Gasteiger partial charge is 0.369 e. The maximum Gasteiger partial charge on any atom is 0.264 e. The van der Waals surface area contributed by atoms with Gasteiger partial charge < -0.3 is 10.6 Å². The zero-order chi connectivity index (χ0) is 22.8. The fraction of sp³-hybridized carbons (Fsp3) is 0.300. The summed E-state index contributed by atoms with van der Waals surface area (Å²) in [5.74, 6) is 0.695. The van der Waals surface area contributed by atoms with E-state index in [4.69, 9.17) is 23.2 Å². The molecule has 0 bridgehead atoms. The summed E-state index contributed by atoms with van der Waals surface area (Å²) in [7, 11) is -0.414. The van der Waals surface area contributed by atoms with E-state index in [0.717, 1.165) is 12.1 Å². The average Bonchev–Trinajstić information content (AvgIpc) is 2.93. The van der Waals surface area contributed by atoms with Gasteiger partial charge >= 0.3 is 0 Å². The van der Waals surface area contributed by atoms with Crippen LogP contribution in [0.15, 0.2) is 35.4 Å². The molecule has 1 aromatic carbocycles. The summed E-state index contributed by atoms with van der Waals surface area (Å²) in [6.45, 7) is 5.00. The van der Waals surface area contributed by atoms with Crippen molar-refractivity contribution in [3.8, 4) is 11.1 Å². The second kappa shape index (κ2) is 9.44. The Morgan fingerprint density at radius 3 is 2.32 bits per heavy atom. The molecule has 0 aliphatic rings. The number of benzene rings is 1. The number of rotatable bonds is 8. The second-order valence-corrected chi connectivity index (χ2v) is 9.44. The number of aromatic nitrogens is 3. The van der Waals surface area contributed by atoms with Crippen molar-refractivity contribution in [3.05, 3.63) is 51.9 Å². The number of sulfonamides is 1. The first-order valence-electron chi connectivity index (χ1n) is 9.51. The maximum absolute atomic E-state index is 13.1. The summed E-state index contributed by atoms with van der Waals surface area (Å²) in [5.41, 5.74) is 3.14. The Hall–Kier alpha value is -2.33. The van der Waals surface area contributed by atoms with E-state index in [0.29, 0.717) is 35.0 Å². The molecule has 31 heavy (non-hydrogen) atoms. The van der Waals surface area contributed by atoms with E-state index < -0.39 is 10.0 Å². The van der Waals surface area contributed by atoms with Gasteiger partial charge in [0.25, 0.3) is 10.0 Å². The molecule has 0 radical (unpaired) electrons. The Labute approximate surface area is 192 Å². The second-order valence-electron chi connectivity index (χ2n) is 7.00. The fourth-order valence-corrected chi connectivity index (χ4v) is 5.51. The van der Waals surface area contributed by atoms with Gasteiger partial charge in [0.2, 0.25) is 0 Å². The third kappa shape index (κ3) is 5.12. The van der Waals surface area contributed by atoms with E-state index in [9.17, 15) is 8.42 Å². The first-order valence-corrected chi connectivity index (χ1v) is 11.7. The molecule has 3 rings (SSSR count). The molecule has 0 aliphatic heterocycles. The van der Waals surface area contributed by atoms with Gasteiger partial charge in [-0.05, 0) is 56.3 Å². The number of anilines is 2. The molecule has 11 heteroatoms. The van der Waals surface area contributed by atoms with Crippen LogP contribution in [-0.2, 0) is 17.1 Å². The number of aryl methyl sites for hydroxylation is 2. The van der Waals surface area contributed by atoms with E-state index in [1.54, 1.807) is 50.0 Å². The van der Waals surface area contributed by atoms with Gasteiger partial charge in [-0.15, -0.1) is 0 Å². The minimum Gasteiger partial charge on any atom is -0.369 e. The van der Waals surface area contributed by atoms with Gasteiger partial charge in [0, 0.05) is 26.3 Å². The molecule has 0 aliphatic carbocycles. The van der Waals surface area contributed by atoms with Crippen molar-refractivity contribution in [1.82, 2.24) is 20.1 Å². The molecule has 2 aromatic heterocycles. The molecule has 8 nitrogen and oxygen atoms in total. The lowest BCUT2D eigenvalue weighted by Crippen LogP contribution is -2.18. The normalized spacial score (nSPS) is 11.5. The molecular formula is C20H24Cl2N6O2S. The number of nitrogens with zero attached hydrogens (tertiary/aromatic N) is 3. The zero-order valence-electron chi connectivity index (χ0n) is 17.6. The predicted octanol–water partition coefficient (Wildman–Crippen LogP) is 3.84. The van der Waals surface area contributed by atoms with Crippen molar-refractivity contribution >= 4 is 44.7 Å². The van der Waals surface area contributed by atoms with Crippen molar-refractivity contribution in [2.45, 2.75) is 18.7 Å². The van der Waals surface area contributed by atoms with Gasteiger partial charge in [0.1, 0.15) is 10.7 Å². The third-order valence-corrected chi connectivity index (χ3v) is 7.06. The van der Waals surface area contributed by atoms with Crippen molar-refractivity contribution in [2.75, 3.05) is 30.2 Å². The first-order chi connectivity index (χ1) is 14.6. The molecule has 3 N–H and O–H groups in total. The maximum atomic E-state index is 13.1. The molecule has 0 atom stereocenters. The number of likely N-dealkylation sites (N-methyl/N-ethyl adjacent to an activating group) is 1. The van der Waals surface area contributed by atoms with Crippen LogP contribution in [0.25, 0.3) is 11.1 Å². The highest BCUT2D eigenvalue weighted by molar-refractivity contribution is 7.93. The monoisotopic (exact) mass is 482 g/mol. The minimum absolute atomic E-state index is 0.0238. The Balaban J connectivity index is 1.94. The third-order valence-electron chi connectivity index (χ3n) is 4.79. The summed E-state index contributed by atoms with van der Waals surface area (Å²) in [5, 5.41) is 10.5. The molecular weight excluding hydrogens is 459 g/mol. The van der Waals surface area contributed by atoms with Crippen LogP contribution in [0.5, 0.6) is 0 Å². The topological polar surface area (TPSA) is 101 Å². The smallest absolute Gasteiger partial charge is 0.264 e. The lowest BCUT2D eigenvalue weighted by molar-refractivity contribution is 0.601. The Bertz CT molecular complexity index is 1190. The van der Waals surface area contributed by atoms with E-state index in [1.807, 2.05) is 13.1 Å². The predicted molar refractivity (Wildman–Crippen MR) is 126 cm³/mol. The van der Waals surface area contributed by atoms with Crippen LogP contribution in [0.4, 0.5) is 11.5 Å².